The molecule has 0 aromatic carbocycles. The van der Waals surface area contributed by atoms with E-state index < -0.39 is 0 Å². The zero-order chi connectivity index (χ0) is 6.73. The normalized spacial score (nSPS) is 14.1. The van der Waals surface area contributed by atoms with Crippen LogP contribution in [-0.4, -0.2) is 9.71 Å². The van der Waals surface area contributed by atoms with Gasteiger partial charge in [-0.1, -0.05) is 36.4 Å². The van der Waals surface area contributed by atoms with E-state index in [4.69, 9.17) is 0 Å². The summed E-state index contributed by atoms with van der Waals surface area (Å²) in [5.41, 5.74) is 0. The van der Waals surface area contributed by atoms with Gasteiger partial charge in [0.15, 0.2) is 0 Å². The van der Waals surface area contributed by atoms with E-state index in [1.807, 2.05) is 20.8 Å². The molecule has 8 heavy (non-hydrogen) atoms. The van der Waals surface area contributed by atoms with Crippen LogP contribution in [0, 0.1) is 5.92 Å². The van der Waals surface area contributed by atoms with Crippen LogP contribution < -0.4 is 0 Å². The van der Waals surface area contributed by atoms with Crippen molar-refractivity contribution >= 4 is 28.4 Å². The van der Waals surface area contributed by atoms with Crippen LogP contribution in [0.5, 0.6) is 0 Å². The summed E-state index contributed by atoms with van der Waals surface area (Å²) >= 11 is 2.13. The minimum atomic E-state index is 0.174. The fourth-order valence-corrected chi connectivity index (χ4v) is 1.18. The van der Waals surface area contributed by atoms with Crippen LogP contribution in [-0.2, 0) is 4.79 Å². The standard InChI is InChI=1S/C6H11IO/c1-4(2)6(8)5(3)7/h4-5H,1-3H3. The summed E-state index contributed by atoms with van der Waals surface area (Å²) in [5, 5.41) is 0. The average Bonchev–Trinajstić information content (AvgIpc) is 1.64. The Kier molecular flexibility index (Phi) is 3.60. The SMILES string of the molecule is CC(C)C(=O)C(C)I. The van der Waals surface area contributed by atoms with Crippen LogP contribution >= 0.6 is 22.6 Å². The van der Waals surface area contributed by atoms with E-state index in [1.54, 1.807) is 0 Å². The van der Waals surface area contributed by atoms with E-state index in [2.05, 4.69) is 22.6 Å². The van der Waals surface area contributed by atoms with Crippen LogP contribution in [0.2, 0.25) is 0 Å². The van der Waals surface area contributed by atoms with Crippen LogP contribution in [0.3, 0.4) is 0 Å². The van der Waals surface area contributed by atoms with Gasteiger partial charge in [0.25, 0.3) is 0 Å². The maximum atomic E-state index is 10.8. The highest BCUT2D eigenvalue weighted by molar-refractivity contribution is 14.1. The highest BCUT2D eigenvalue weighted by Gasteiger charge is 2.11. The zero-order valence-corrected chi connectivity index (χ0v) is 7.60. The van der Waals surface area contributed by atoms with Gasteiger partial charge < -0.3 is 0 Å². The molecule has 0 fully saturated rings. The second-order valence-electron chi connectivity index (χ2n) is 2.17. The third-order valence-corrected chi connectivity index (χ3v) is 1.57. The van der Waals surface area contributed by atoms with Gasteiger partial charge in [-0.25, -0.2) is 0 Å². The van der Waals surface area contributed by atoms with Crippen LogP contribution in [0.25, 0.3) is 0 Å². The van der Waals surface area contributed by atoms with E-state index >= 15 is 0 Å². The van der Waals surface area contributed by atoms with Gasteiger partial charge >= 0.3 is 0 Å². The number of halogens is 1. The van der Waals surface area contributed by atoms with Gasteiger partial charge in [-0.05, 0) is 6.92 Å². The molecule has 2 heteroatoms. The van der Waals surface area contributed by atoms with Crippen molar-refractivity contribution in [1.29, 1.82) is 0 Å². The van der Waals surface area contributed by atoms with Crippen LogP contribution in [0.15, 0.2) is 0 Å². The first-order chi connectivity index (χ1) is 3.55. The summed E-state index contributed by atoms with van der Waals surface area (Å²) in [4.78, 5) is 10.8. The summed E-state index contributed by atoms with van der Waals surface area (Å²) in [6.45, 7) is 5.78. The Hall–Kier alpha value is 0.400. The van der Waals surface area contributed by atoms with Gasteiger partial charge in [-0.3, -0.25) is 4.79 Å². The second-order valence-corrected chi connectivity index (χ2v) is 4.04. The minimum Gasteiger partial charge on any atom is -0.298 e. The average molecular weight is 226 g/mol. The number of carbonyl (C=O) groups excluding carboxylic acids is 1. The number of Topliss-reactive ketones (excluding diaryl/α,β-unsaturated/α-hetero) is 1. The topological polar surface area (TPSA) is 17.1 Å². The van der Waals surface area contributed by atoms with Crippen molar-refractivity contribution in [2.24, 2.45) is 5.92 Å². The third-order valence-electron chi connectivity index (χ3n) is 0.961. The van der Waals surface area contributed by atoms with Gasteiger partial charge in [0, 0.05) is 5.92 Å². The molecular weight excluding hydrogens is 215 g/mol. The Morgan fingerprint density at radius 1 is 1.38 bits per heavy atom. The summed E-state index contributed by atoms with van der Waals surface area (Å²) in [6.07, 6.45) is 0. The molecule has 0 radical (unpaired) electrons. The van der Waals surface area contributed by atoms with E-state index in [0.29, 0.717) is 5.78 Å². The van der Waals surface area contributed by atoms with Crippen molar-refractivity contribution in [1.82, 2.24) is 0 Å². The van der Waals surface area contributed by atoms with Gasteiger partial charge in [-0.2, -0.15) is 0 Å². The smallest absolute Gasteiger partial charge is 0.147 e. The fourth-order valence-electron chi connectivity index (χ4n) is 0.459. The zero-order valence-electron chi connectivity index (χ0n) is 5.44. The van der Waals surface area contributed by atoms with Crippen molar-refractivity contribution in [3.63, 3.8) is 0 Å². The van der Waals surface area contributed by atoms with E-state index in [-0.39, 0.29) is 9.84 Å². The molecule has 1 unspecified atom stereocenters. The number of hydrogen-bond donors (Lipinski definition) is 0. The first-order valence-electron chi connectivity index (χ1n) is 2.73. The number of hydrogen-bond acceptors (Lipinski definition) is 1. The molecule has 0 aliphatic heterocycles. The molecule has 0 aliphatic rings. The molecule has 0 amide bonds. The first kappa shape index (κ1) is 8.40. The molecule has 1 atom stereocenters. The van der Waals surface area contributed by atoms with Crippen molar-refractivity contribution in [2.45, 2.75) is 24.7 Å². The summed E-state index contributed by atoms with van der Waals surface area (Å²) in [5.74, 6) is 0.535. The lowest BCUT2D eigenvalue weighted by atomic mass is 10.1. The lowest BCUT2D eigenvalue weighted by Gasteiger charge is -2.03. The summed E-state index contributed by atoms with van der Waals surface area (Å²) in [6, 6.07) is 0. The number of rotatable bonds is 2. The molecule has 48 valence electrons. The van der Waals surface area contributed by atoms with Crippen LogP contribution in [0.4, 0.5) is 0 Å². The number of carbonyl (C=O) groups is 1. The summed E-state index contributed by atoms with van der Waals surface area (Å²) in [7, 11) is 0. The van der Waals surface area contributed by atoms with E-state index in [9.17, 15) is 4.79 Å². The predicted octanol–water partition coefficient (Wildman–Crippen LogP) is 2.04. The lowest BCUT2D eigenvalue weighted by Crippen LogP contribution is -2.15. The lowest BCUT2D eigenvalue weighted by molar-refractivity contribution is -0.120. The minimum absolute atomic E-state index is 0.174. The fraction of sp³-hybridized carbons (Fsp3) is 0.833. The quantitative estimate of drug-likeness (QED) is 0.520. The Morgan fingerprint density at radius 3 is 1.75 bits per heavy atom. The molecule has 0 saturated heterocycles. The molecule has 0 bridgehead atoms. The Balaban J connectivity index is 3.65. The Morgan fingerprint density at radius 2 is 1.75 bits per heavy atom. The Bertz CT molecular complexity index is 76.5. The van der Waals surface area contributed by atoms with Gasteiger partial charge in [0.1, 0.15) is 5.78 Å². The molecule has 0 N–H and O–H groups in total. The van der Waals surface area contributed by atoms with Crippen molar-refractivity contribution in [3.05, 3.63) is 0 Å². The summed E-state index contributed by atoms with van der Waals surface area (Å²) < 4.78 is 0.174. The molecule has 0 saturated carbocycles. The van der Waals surface area contributed by atoms with E-state index in [1.165, 1.54) is 0 Å². The van der Waals surface area contributed by atoms with Crippen LogP contribution in [0.1, 0.15) is 20.8 Å². The van der Waals surface area contributed by atoms with Crippen molar-refractivity contribution < 1.29 is 4.79 Å². The first-order valence-corrected chi connectivity index (χ1v) is 3.98. The third kappa shape index (κ3) is 2.64. The Labute approximate surface area is 64.0 Å². The largest absolute Gasteiger partial charge is 0.298 e. The van der Waals surface area contributed by atoms with Gasteiger partial charge in [-0.15, -0.1) is 0 Å². The molecule has 0 rings (SSSR count). The molecule has 1 nitrogen and oxygen atoms in total. The maximum Gasteiger partial charge on any atom is 0.147 e. The molecule has 0 aromatic rings. The molecule has 0 aromatic heterocycles. The molecule has 0 spiro atoms. The number of alkyl halides is 1. The second kappa shape index (κ2) is 3.43. The molecule has 0 heterocycles. The highest BCUT2D eigenvalue weighted by atomic mass is 127. The molecular formula is C6H11IO. The van der Waals surface area contributed by atoms with Gasteiger partial charge in [0.05, 0.1) is 3.92 Å². The van der Waals surface area contributed by atoms with E-state index in [0.717, 1.165) is 0 Å². The van der Waals surface area contributed by atoms with Gasteiger partial charge in [0.2, 0.25) is 0 Å². The highest BCUT2D eigenvalue weighted by Crippen LogP contribution is 2.06. The molecule has 0 aliphatic carbocycles. The predicted molar refractivity (Wildman–Crippen MR) is 43.3 cm³/mol. The monoisotopic (exact) mass is 226 g/mol. The van der Waals surface area contributed by atoms with Crippen molar-refractivity contribution in [3.8, 4) is 0 Å². The van der Waals surface area contributed by atoms with Crippen molar-refractivity contribution in [2.75, 3.05) is 0 Å². The number of ketones is 1. The maximum absolute atomic E-state index is 10.8.